The first-order chi connectivity index (χ1) is 10.7. The lowest BCUT2D eigenvalue weighted by Crippen LogP contribution is -2.46. The van der Waals surface area contributed by atoms with Gasteiger partial charge in [0.05, 0.1) is 12.1 Å². The summed E-state index contributed by atoms with van der Waals surface area (Å²) in [4.78, 5) is 24.6. The van der Waals surface area contributed by atoms with E-state index in [1.807, 2.05) is 20.8 Å². The fraction of sp³-hybridized carbons (Fsp3) is 0.529. The standard InChI is InChI=1S/C17H23NO5/c1-17(2,3)23-16(21)18-10-4-5-14(11-18)22-13-8-6-12(7-9-13)15(19)20/h6-9,14H,4-5,10-11H2,1-3H3,(H,19,20). The maximum atomic E-state index is 12.1. The highest BCUT2D eigenvalue weighted by Crippen LogP contribution is 2.20. The van der Waals surface area contributed by atoms with Crippen LogP contribution < -0.4 is 4.74 Å². The number of likely N-dealkylation sites (tertiary alicyclic amines) is 1. The molecule has 1 fully saturated rings. The molecule has 1 aromatic carbocycles. The van der Waals surface area contributed by atoms with Crippen LogP contribution in [-0.2, 0) is 4.74 Å². The molecule has 0 spiro atoms. The zero-order valence-electron chi connectivity index (χ0n) is 13.7. The second kappa shape index (κ2) is 6.89. The van der Waals surface area contributed by atoms with Gasteiger partial charge in [-0.05, 0) is 57.9 Å². The Kier molecular flexibility index (Phi) is 5.13. The van der Waals surface area contributed by atoms with Gasteiger partial charge < -0.3 is 19.5 Å². The summed E-state index contributed by atoms with van der Waals surface area (Å²) in [7, 11) is 0. The number of benzene rings is 1. The molecule has 23 heavy (non-hydrogen) atoms. The summed E-state index contributed by atoms with van der Waals surface area (Å²) in [6.07, 6.45) is 1.25. The van der Waals surface area contributed by atoms with Crippen molar-refractivity contribution in [3.63, 3.8) is 0 Å². The van der Waals surface area contributed by atoms with Crippen molar-refractivity contribution in [1.82, 2.24) is 4.90 Å². The Balaban J connectivity index is 1.93. The minimum atomic E-state index is -0.967. The van der Waals surface area contributed by atoms with E-state index in [2.05, 4.69) is 0 Å². The van der Waals surface area contributed by atoms with Gasteiger partial charge in [0.15, 0.2) is 0 Å². The van der Waals surface area contributed by atoms with E-state index in [4.69, 9.17) is 14.6 Å². The number of hydrogen-bond acceptors (Lipinski definition) is 4. The number of hydrogen-bond donors (Lipinski definition) is 1. The van der Waals surface area contributed by atoms with Crippen molar-refractivity contribution in [1.29, 1.82) is 0 Å². The third-order valence-electron chi connectivity index (χ3n) is 3.43. The molecular formula is C17H23NO5. The van der Waals surface area contributed by atoms with Gasteiger partial charge in [-0.25, -0.2) is 9.59 Å². The topological polar surface area (TPSA) is 76.1 Å². The number of piperidine rings is 1. The number of nitrogens with zero attached hydrogens (tertiary/aromatic N) is 1. The molecule has 1 unspecified atom stereocenters. The largest absolute Gasteiger partial charge is 0.489 e. The van der Waals surface area contributed by atoms with Crippen molar-refractivity contribution in [3.8, 4) is 5.75 Å². The van der Waals surface area contributed by atoms with Crippen molar-refractivity contribution < 1.29 is 24.2 Å². The molecule has 1 aromatic rings. The molecule has 0 radical (unpaired) electrons. The molecule has 1 amide bonds. The van der Waals surface area contributed by atoms with Gasteiger partial charge in [-0.15, -0.1) is 0 Å². The monoisotopic (exact) mass is 321 g/mol. The number of ether oxygens (including phenoxy) is 2. The van der Waals surface area contributed by atoms with E-state index >= 15 is 0 Å². The highest BCUT2D eigenvalue weighted by molar-refractivity contribution is 5.87. The van der Waals surface area contributed by atoms with Crippen LogP contribution in [0.2, 0.25) is 0 Å². The third kappa shape index (κ3) is 5.16. The molecule has 2 rings (SSSR count). The summed E-state index contributed by atoms with van der Waals surface area (Å²) in [5.74, 6) is -0.364. The van der Waals surface area contributed by atoms with E-state index in [1.54, 1.807) is 17.0 Å². The molecule has 1 N–H and O–H groups in total. The molecule has 1 aliphatic heterocycles. The van der Waals surface area contributed by atoms with E-state index < -0.39 is 11.6 Å². The van der Waals surface area contributed by atoms with E-state index in [0.29, 0.717) is 18.8 Å². The average molecular weight is 321 g/mol. The summed E-state index contributed by atoms with van der Waals surface area (Å²) in [5.41, 5.74) is -0.297. The van der Waals surface area contributed by atoms with Crippen LogP contribution in [0.1, 0.15) is 44.0 Å². The number of carbonyl (C=O) groups is 2. The molecule has 0 bridgehead atoms. The average Bonchev–Trinajstić information content (AvgIpc) is 2.46. The molecule has 1 aliphatic rings. The van der Waals surface area contributed by atoms with Gasteiger partial charge >= 0.3 is 12.1 Å². The summed E-state index contributed by atoms with van der Waals surface area (Å²) in [6, 6.07) is 6.28. The molecule has 0 saturated carbocycles. The van der Waals surface area contributed by atoms with Crippen molar-refractivity contribution in [2.24, 2.45) is 0 Å². The molecule has 0 aliphatic carbocycles. The van der Waals surface area contributed by atoms with Gasteiger partial charge in [-0.2, -0.15) is 0 Å². The second-order valence-corrected chi connectivity index (χ2v) is 6.64. The second-order valence-electron chi connectivity index (χ2n) is 6.64. The summed E-state index contributed by atoms with van der Waals surface area (Å²) in [5, 5.41) is 8.89. The summed E-state index contributed by atoms with van der Waals surface area (Å²) < 4.78 is 11.2. The number of carboxylic acids is 1. The van der Waals surface area contributed by atoms with Crippen LogP contribution in [0.25, 0.3) is 0 Å². The van der Waals surface area contributed by atoms with Crippen LogP contribution in [0, 0.1) is 0 Å². The smallest absolute Gasteiger partial charge is 0.410 e. The van der Waals surface area contributed by atoms with E-state index in [0.717, 1.165) is 12.8 Å². The first kappa shape index (κ1) is 17.1. The zero-order chi connectivity index (χ0) is 17.0. The number of rotatable bonds is 3. The lowest BCUT2D eigenvalue weighted by molar-refractivity contribution is 0.00773. The predicted molar refractivity (Wildman–Crippen MR) is 84.9 cm³/mol. The first-order valence-corrected chi connectivity index (χ1v) is 7.72. The molecule has 126 valence electrons. The van der Waals surface area contributed by atoms with Gasteiger partial charge in [0.25, 0.3) is 0 Å². The van der Waals surface area contributed by atoms with Crippen molar-refractivity contribution in [2.45, 2.75) is 45.3 Å². The number of carbonyl (C=O) groups excluding carboxylic acids is 1. The Hall–Kier alpha value is -2.24. The Bertz CT molecular complexity index is 561. The SMILES string of the molecule is CC(C)(C)OC(=O)N1CCCC(Oc2ccc(C(=O)O)cc2)C1. The van der Waals surface area contributed by atoms with Crippen LogP contribution in [0.4, 0.5) is 4.79 Å². The normalized spacial score (nSPS) is 18.4. The zero-order valence-corrected chi connectivity index (χ0v) is 13.7. The Morgan fingerprint density at radius 3 is 2.43 bits per heavy atom. The third-order valence-corrected chi connectivity index (χ3v) is 3.43. The highest BCUT2D eigenvalue weighted by atomic mass is 16.6. The van der Waals surface area contributed by atoms with Crippen molar-refractivity contribution >= 4 is 12.1 Å². The molecule has 1 atom stereocenters. The van der Waals surface area contributed by atoms with Crippen LogP contribution in [0.5, 0.6) is 5.75 Å². The predicted octanol–water partition coefficient (Wildman–Crippen LogP) is 3.16. The van der Waals surface area contributed by atoms with Gasteiger partial charge in [0.2, 0.25) is 0 Å². The fourth-order valence-corrected chi connectivity index (χ4v) is 2.40. The van der Waals surface area contributed by atoms with Gasteiger partial charge in [0.1, 0.15) is 17.5 Å². The number of carboxylic acid groups (broad SMARTS) is 1. The summed E-state index contributed by atoms with van der Waals surface area (Å²) >= 11 is 0. The molecule has 0 aromatic heterocycles. The van der Waals surface area contributed by atoms with Gasteiger partial charge in [-0.3, -0.25) is 0 Å². The van der Waals surface area contributed by atoms with Crippen LogP contribution in [-0.4, -0.2) is 46.9 Å². The van der Waals surface area contributed by atoms with Crippen molar-refractivity contribution in [2.75, 3.05) is 13.1 Å². The van der Waals surface area contributed by atoms with Gasteiger partial charge in [0, 0.05) is 6.54 Å². The molecule has 1 saturated heterocycles. The van der Waals surface area contributed by atoms with E-state index in [9.17, 15) is 9.59 Å². The quantitative estimate of drug-likeness (QED) is 0.925. The maximum absolute atomic E-state index is 12.1. The van der Waals surface area contributed by atoms with Crippen molar-refractivity contribution in [3.05, 3.63) is 29.8 Å². The lowest BCUT2D eigenvalue weighted by atomic mass is 10.1. The van der Waals surface area contributed by atoms with E-state index in [1.165, 1.54) is 12.1 Å². The number of aromatic carboxylic acids is 1. The summed E-state index contributed by atoms with van der Waals surface area (Å²) in [6.45, 7) is 6.65. The van der Waals surface area contributed by atoms with Crippen LogP contribution in [0.3, 0.4) is 0 Å². The molecule has 6 heteroatoms. The maximum Gasteiger partial charge on any atom is 0.410 e. The molecule has 6 nitrogen and oxygen atoms in total. The first-order valence-electron chi connectivity index (χ1n) is 7.72. The van der Waals surface area contributed by atoms with Crippen LogP contribution >= 0.6 is 0 Å². The minimum absolute atomic E-state index is 0.119. The minimum Gasteiger partial charge on any atom is -0.489 e. The molecular weight excluding hydrogens is 298 g/mol. The van der Waals surface area contributed by atoms with E-state index in [-0.39, 0.29) is 17.8 Å². The number of amides is 1. The van der Waals surface area contributed by atoms with Gasteiger partial charge in [-0.1, -0.05) is 0 Å². The lowest BCUT2D eigenvalue weighted by Gasteiger charge is -2.34. The van der Waals surface area contributed by atoms with Crippen LogP contribution in [0.15, 0.2) is 24.3 Å². The highest BCUT2D eigenvalue weighted by Gasteiger charge is 2.28. The fourth-order valence-electron chi connectivity index (χ4n) is 2.40. The Labute approximate surface area is 136 Å². The Morgan fingerprint density at radius 2 is 1.87 bits per heavy atom. The Morgan fingerprint density at radius 1 is 1.22 bits per heavy atom. The molecule has 1 heterocycles.